The second-order valence-electron chi connectivity index (χ2n) is 7.67. The van der Waals surface area contributed by atoms with Gasteiger partial charge in [-0.25, -0.2) is 4.79 Å². The van der Waals surface area contributed by atoms with E-state index in [1.54, 1.807) is 11.9 Å². The number of carbonyl (C=O) groups excluding carboxylic acids is 1. The molecule has 1 atom stereocenters. The van der Waals surface area contributed by atoms with Crippen LogP contribution >= 0.6 is 24.0 Å². The minimum atomic E-state index is -0.471. The zero-order valence-electron chi connectivity index (χ0n) is 15.8. The Morgan fingerprint density at radius 3 is 2.46 bits per heavy atom. The number of hydrogen-bond donors (Lipinski definition) is 2. The molecule has 0 saturated heterocycles. The lowest BCUT2D eigenvalue weighted by molar-refractivity contribution is 0.0279. The lowest BCUT2D eigenvalue weighted by Gasteiger charge is -2.26. The molecule has 142 valence electrons. The van der Waals surface area contributed by atoms with Crippen molar-refractivity contribution in [2.24, 2.45) is 16.6 Å². The molecule has 0 aromatic heterocycles. The number of amides is 1. The van der Waals surface area contributed by atoms with Crippen molar-refractivity contribution in [3.05, 3.63) is 0 Å². The Bertz CT molecular complexity index is 404. The summed E-state index contributed by atoms with van der Waals surface area (Å²) in [5, 5.41) is 3.30. The lowest BCUT2D eigenvalue weighted by Crippen LogP contribution is -2.41. The lowest BCUT2D eigenvalue weighted by atomic mass is 9.96. The van der Waals surface area contributed by atoms with Crippen molar-refractivity contribution in [2.75, 3.05) is 20.1 Å². The van der Waals surface area contributed by atoms with E-state index in [1.165, 1.54) is 32.1 Å². The zero-order valence-corrected chi connectivity index (χ0v) is 18.1. The van der Waals surface area contributed by atoms with E-state index < -0.39 is 5.60 Å². The normalized spacial score (nSPS) is 17.6. The summed E-state index contributed by atoms with van der Waals surface area (Å²) in [5.74, 6) is 0.739. The quantitative estimate of drug-likeness (QED) is 0.380. The Morgan fingerprint density at radius 1 is 1.33 bits per heavy atom. The molecule has 6 nitrogen and oxygen atoms in total. The molecule has 0 aromatic carbocycles. The largest absolute Gasteiger partial charge is 0.444 e. The van der Waals surface area contributed by atoms with Crippen LogP contribution in [0.4, 0.5) is 4.79 Å². The third-order valence-corrected chi connectivity index (χ3v) is 3.82. The van der Waals surface area contributed by atoms with Crippen LogP contribution in [0.2, 0.25) is 0 Å². The number of nitrogens with one attached hydrogen (secondary N) is 1. The number of ether oxygens (including phenoxy) is 1. The Labute approximate surface area is 164 Å². The zero-order chi connectivity index (χ0) is 17.5. The Balaban J connectivity index is 0.00000529. The second-order valence-corrected chi connectivity index (χ2v) is 7.67. The first-order chi connectivity index (χ1) is 10.7. The molecule has 0 aromatic rings. The molecule has 0 heterocycles. The van der Waals surface area contributed by atoms with Gasteiger partial charge in [-0.1, -0.05) is 26.2 Å². The van der Waals surface area contributed by atoms with E-state index in [1.807, 2.05) is 20.8 Å². The minimum Gasteiger partial charge on any atom is -0.444 e. The van der Waals surface area contributed by atoms with Crippen LogP contribution in [-0.2, 0) is 4.74 Å². The van der Waals surface area contributed by atoms with Crippen molar-refractivity contribution in [1.82, 2.24) is 10.2 Å². The van der Waals surface area contributed by atoms with Gasteiger partial charge in [0.2, 0.25) is 0 Å². The fourth-order valence-electron chi connectivity index (χ4n) is 2.70. The molecule has 1 amide bonds. The first-order valence-corrected chi connectivity index (χ1v) is 8.68. The standard InChI is InChI=1S/C17H34N4O2.HI/c1-13(12-21(5)16(22)23-17(2,3)4)11-19-15(18)20-14-9-7-6-8-10-14;/h13-14H,6-12H2,1-5H3,(H3,18,19,20);1H. The smallest absolute Gasteiger partial charge is 0.410 e. The van der Waals surface area contributed by atoms with Gasteiger partial charge in [-0.2, -0.15) is 0 Å². The molecule has 0 spiro atoms. The van der Waals surface area contributed by atoms with Crippen LogP contribution in [0.5, 0.6) is 0 Å². The summed E-state index contributed by atoms with van der Waals surface area (Å²) in [5.41, 5.74) is 5.49. The van der Waals surface area contributed by atoms with Crippen molar-refractivity contribution in [3.8, 4) is 0 Å². The van der Waals surface area contributed by atoms with Crippen LogP contribution in [0.15, 0.2) is 4.99 Å². The van der Waals surface area contributed by atoms with Gasteiger partial charge in [-0.15, -0.1) is 24.0 Å². The monoisotopic (exact) mass is 454 g/mol. The molecule has 1 fully saturated rings. The summed E-state index contributed by atoms with van der Waals surface area (Å²) in [6.07, 6.45) is 5.90. The van der Waals surface area contributed by atoms with E-state index in [9.17, 15) is 4.79 Å². The third kappa shape index (κ3) is 10.2. The van der Waals surface area contributed by atoms with Gasteiger partial charge >= 0.3 is 6.09 Å². The number of guanidine groups is 1. The van der Waals surface area contributed by atoms with E-state index in [4.69, 9.17) is 10.5 Å². The van der Waals surface area contributed by atoms with Crippen LogP contribution < -0.4 is 11.1 Å². The number of aliphatic imine (C=N–C) groups is 1. The number of carbonyl (C=O) groups is 1. The number of nitrogens with two attached hydrogens (primary N) is 1. The molecule has 0 aliphatic heterocycles. The molecule has 1 saturated carbocycles. The summed E-state index contributed by atoms with van der Waals surface area (Å²) >= 11 is 0. The number of rotatable bonds is 5. The summed E-state index contributed by atoms with van der Waals surface area (Å²) in [6, 6.07) is 0.465. The van der Waals surface area contributed by atoms with E-state index in [0.717, 1.165) is 0 Å². The first-order valence-electron chi connectivity index (χ1n) is 8.68. The predicted molar refractivity (Wildman–Crippen MR) is 110 cm³/mol. The average molecular weight is 454 g/mol. The highest BCUT2D eigenvalue weighted by molar-refractivity contribution is 14.0. The maximum Gasteiger partial charge on any atom is 0.410 e. The Kier molecular flexibility index (Phi) is 10.7. The molecular weight excluding hydrogens is 419 g/mol. The van der Waals surface area contributed by atoms with Gasteiger partial charge in [0.05, 0.1) is 0 Å². The van der Waals surface area contributed by atoms with Crippen LogP contribution in [-0.4, -0.2) is 48.7 Å². The summed E-state index contributed by atoms with van der Waals surface area (Å²) in [4.78, 5) is 17.9. The summed E-state index contributed by atoms with van der Waals surface area (Å²) < 4.78 is 5.34. The fourth-order valence-corrected chi connectivity index (χ4v) is 2.70. The summed E-state index contributed by atoms with van der Waals surface area (Å²) in [6.45, 7) is 8.84. The van der Waals surface area contributed by atoms with Crippen LogP contribution in [0.1, 0.15) is 59.8 Å². The SMILES string of the molecule is CC(CN=C(N)NC1CCCCC1)CN(C)C(=O)OC(C)(C)C.I. The Morgan fingerprint density at radius 2 is 1.92 bits per heavy atom. The molecule has 1 unspecified atom stereocenters. The van der Waals surface area contributed by atoms with Crippen molar-refractivity contribution in [3.63, 3.8) is 0 Å². The van der Waals surface area contributed by atoms with E-state index >= 15 is 0 Å². The van der Waals surface area contributed by atoms with Gasteiger partial charge in [0, 0.05) is 26.2 Å². The maximum absolute atomic E-state index is 11.9. The molecule has 1 aliphatic rings. The van der Waals surface area contributed by atoms with Crippen molar-refractivity contribution < 1.29 is 9.53 Å². The van der Waals surface area contributed by atoms with Gasteiger partial charge < -0.3 is 20.7 Å². The predicted octanol–water partition coefficient (Wildman–Crippen LogP) is 3.34. The molecule has 7 heteroatoms. The van der Waals surface area contributed by atoms with Gasteiger partial charge in [0.15, 0.2) is 5.96 Å². The molecule has 3 N–H and O–H groups in total. The third-order valence-electron chi connectivity index (χ3n) is 3.82. The molecule has 0 bridgehead atoms. The van der Waals surface area contributed by atoms with Crippen molar-refractivity contribution in [2.45, 2.75) is 71.4 Å². The van der Waals surface area contributed by atoms with E-state index in [-0.39, 0.29) is 36.0 Å². The van der Waals surface area contributed by atoms with Gasteiger partial charge in [-0.3, -0.25) is 4.99 Å². The van der Waals surface area contributed by atoms with Gasteiger partial charge in [0.25, 0.3) is 0 Å². The summed E-state index contributed by atoms with van der Waals surface area (Å²) in [7, 11) is 1.75. The average Bonchev–Trinajstić information content (AvgIpc) is 2.44. The minimum absolute atomic E-state index is 0. The number of hydrogen-bond acceptors (Lipinski definition) is 3. The van der Waals surface area contributed by atoms with Crippen LogP contribution in [0.25, 0.3) is 0 Å². The fraction of sp³-hybridized carbons (Fsp3) is 0.882. The molecule has 1 aliphatic carbocycles. The first kappa shape index (κ1) is 23.3. The maximum atomic E-state index is 11.9. The van der Waals surface area contributed by atoms with Crippen LogP contribution in [0.3, 0.4) is 0 Å². The molecule has 0 radical (unpaired) electrons. The number of nitrogens with zero attached hydrogens (tertiary/aromatic N) is 2. The van der Waals surface area contributed by atoms with Gasteiger partial charge in [-0.05, 0) is 39.5 Å². The van der Waals surface area contributed by atoms with E-state index in [2.05, 4.69) is 17.2 Å². The Hall–Kier alpha value is -0.730. The molecular formula is C17H35IN4O2. The topological polar surface area (TPSA) is 80.0 Å². The highest BCUT2D eigenvalue weighted by atomic mass is 127. The van der Waals surface area contributed by atoms with Crippen molar-refractivity contribution in [1.29, 1.82) is 0 Å². The second kappa shape index (κ2) is 11.0. The van der Waals surface area contributed by atoms with Crippen LogP contribution in [0, 0.1) is 5.92 Å². The number of halogens is 1. The van der Waals surface area contributed by atoms with E-state index in [0.29, 0.717) is 25.1 Å². The molecule has 24 heavy (non-hydrogen) atoms. The highest BCUT2D eigenvalue weighted by Crippen LogP contribution is 2.17. The van der Waals surface area contributed by atoms with Gasteiger partial charge in [0.1, 0.15) is 5.60 Å². The molecule has 1 rings (SSSR count). The van der Waals surface area contributed by atoms with Crippen molar-refractivity contribution >= 4 is 36.0 Å². The highest BCUT2D eigenvalue weighted by Gasteiger charge is 2.20.